The fourth-order valence-corrected chi connectivity index (χ4v) is 2.36. The van der Waals surface area contributed by atoms with E-state index in [1.165, 1.54) is 0 Å². The van der Waals surface area contributed by atoms with E-state index >= 15 is 0 Å². The lowest BCUT2D eigenvalue weighted by atomic mass is 10.1. The summed E-state index contributed by atoms with van der Waals surface area (Å²) in [6.45, 7) is 1.52. The van der Waals surface area contributed by atoms with E-state index in [-0.39, 0.29) is 6.61 Å². The zero-order valence-corrected chi connectivity index (χ0v) is 10.3. The molecule has 0 aliphatic carbocycles. The maximum Gasteiger partial charge on any atom is 0.443 e. The molecule has 0 aliphatic heterocycles. The molecular formula is C12H10F3NOS. The van der Waals surface area contributed by atoms with Gasteiger partial charge in [0, 0.05) is 10.4 Å². The highest BCUT2D eigenvalue weighted by molar-refractivity contribution is 7.12. The summed E-state index contributed by atoms with van der Waals surface area (Å²) in [4.78, 5) is 4.16. The number of hydrogen-bond acceptors (Lipinski definition) is 3. The predicted octanol–water partition coefficient (Wildman–Crippen LogP) is 3.63. The molecule has 0 spiro atoms. The maximum absolute atomic E-state index is 12.5. The SMILES string of the molecule is Cc1sc(C(F)(F)F)nc1-c1ccc(CO)cc1. The second kappa shape index (κ2) is 4.70. The second-order valence-electron chi connectivity index (χ2n) is 3.78. The van der Waals surface area contributed by atoms with Gasteiger partial charge in [-0.1, -0.05) is 24.3 Å². The van der Waals surface area contributed by atoms with E-state index in [9.17, 15) is 13.2 Å². The third kappa shape index (κ3) is 2.54. The Balaban J connectivity index is 2.41. The highest BCUT2D eigenvalue weighted by atomic mass is 32.1. The molecule has 6 heteroatoms. The molecule has 0 saturated carbocycles. The predicted molar refractivity (Wildman–Crippen MR) is 63.2 cm³/mol. The normalized spacial score (nSPS) is 11.8. The summed E-state index contributed by atoms with van der Waals surface area (Å²) in [5, 5.41) is 8.07. The molecule has 0 unspecified atom stereocenters. The molecule has 1 aromatic carbocycles. The number of aliphatic hydroxyl groups excluding tert-OH is 1. The minimum absolute atomic E-state index is 0.0931. The van der Waals surface area contributed by atoms with Crippen molar-refractivity contribution in [2.45, 2.75) is 19.7 Å². The molecule has 1 N–H and O–H groups in total. The van der Waals surface area contributed by atoms with E-state index < -0.39 is 11.2 Å². The third-order valence-electron chi connectivity index (χ3n) is 2.45. The van der Waals surface area contributed by atoms with E-state index in [1.54, 1.807) is 31.2 Å². The number of aryl methyl sites for hydroxylation is 1. The Hall–Kier alpha value is -1.40. The molecule has 96 valence electrons. The van der Waals surface area contributed by atoms with Crippen molar-refractivity contribution in [2.24, 2.45) is 0 Å². The van der Waals surface area contributed by atoms with Crippen LogP contribution in [0.4, 0.5) is 13.2 Å². The summed E-state index contributed by atoms with van der Waals surface area (Å²) in [5.74, 6) is 0. The van der Waals surface area contributed by atoms with Crippen LogP contribution in [0.1, 0.15) is 15.4 Å². The zero-order valence-electron chi connectivity index (χ0n) is 9.45. The van der Waals surface area contributed by atoms with Gasteiger partial charge in [-0.05, 0) is 12.5 Å². The average molecular weight is 273 g/mol. The second-order valence-corrected chi connectivity index (χ2v) is 4.98. The average Bonchev–Trinajstić information content (AvgIpc) is 2.71. The minimum Gasteiger partial charge on any atom is -0.392 e. The molecule has 1 heterocycles. The number of hydrogen-bond donors (Lipinski definition) is 1. The molecule has 2 rings (SSSR count). The molecule has 2 aromatic rings. The molecule has 18 heavy (non-hydrogen) atoms. The zero-order chi connectivity index (χ0) is 13.3. The molecule has 0 aliphatic rings. The van der Waals surface area contributed by atoms with Gasteiger partial charge in [0.1, 0.15) is 0 Å². The summed E-state index contributed by atoms with van der Waals surface area (Å²) in [6.07, 6.45) is -4.40. The van der Waals surface area contributed by atoms with Crippen LogP contribution in [0.2, 0.25) is 0 Å². The van der Waals surface area contributed by atoms with Crippen LogP contribution < -0.4 is 0 Å². The largest absolute Gasteiger partial charge is 0.443 e. The van der Waals surface area contributed by atoms with Crippen molar-refractivity contribution in [3.05, 3.63) is 39.7 Å². The van der Waals surface area contributed by atoms with Crippen LogP contribution in [0.25, 0.3) is 11.3 Å². The van der Waals surface area contributed by atoms with E-state index in [2.05, 4.69) is 4.98 Å². The molecule has 0 atom stereocenters. The Labute approximate surface area is 106 Å². The first kappa shape index (κ1) is 13.0. The van der Waals surface area contributed by atoms with Gasteiger partial charge in [-0.3, -0.25) is 0 Å². The van der Waals surface area contributed by atoms with Crippen LogP contribution in [0.5, 0.6) is 0 Å². The topological polar surface area (TPSA) is 33.1 Å². The standard InChI is InChI=1S/C12H10F3NOS/c1-7-10(16-11(18-7)12(13,14)15)9-4-2-8(6-17)3-5-9/h2-5,17H,6H2,1H3. The number of alkyl halides is 3. The summed E-state index contributed by atoms with van der Waals surface area (Å²) >= 11 is 0.641. The van der Waals surface area contributed by atoms with Gasteiger partial charge < -0.3 is 5.11 Å². The fraction of sp³-hybridized carbons (Fsp3) is 0.250. The van der Waals surface area contributed by atoms with Crippen molar-refractivity contribution in [3.63, 3.8) is 0 Å². The highest BCUT2D eigenvalue weighted by Gasteiger charge is 2.35. The quantitative estimate of drug-likeness (QED) is 0.906. The third-order valence-corrected chi connectivity index (χ3v) is 3.46. The number of aromatic nitrogens is 1. The van der Waals surface area contributed by atoms with E-state index in [4.69, 9.17) is 5.11 Å². The number of halogens is 3. The molecule has 0 fully saturated rings. The van der Waals surface area contributed by atoms with Crippen molar-refractivity contribution in [3.8, 4) is 11.3 Å². The highest BCUT2D eigenvalue weighted by Crippen LogP contribution is 2.37. The van der Waals surface area contributed by atoms with Crippen LogP contribution in [-0.4, -0.2) is 10.1 Å². The van der Waals surface area contributed by atoms with Gasteiger partial charge in [0.2, 0.25) is 0 Å². The Morgan fingerprint density at radius 3 is 2.28 bits per heavy atom. The van der Waals surface area contributed by atoms with E-state index in [0.717, 1.165) is 0 Å². The first-order valence-corrected chi connectivity index (χ1v) is 5.98. The minimum atomic E-state index is -4.40. The van der Waals surface area contributed by atoms with Crippen molar-refractivity contribution < 1.29 is 18.3 Å². The molecule has 0 saturated heterocycles. The smallest absolute Gasteiger partial charge is 0.392 e. The first-order chi connectivity index (χ1) is 8.41. The van der Waals surface area contributed by atoms with Gasteiger partial charge in [0.05, 0.1) is 12.3 Å². The maximum atomic E-state index is 12.5. The van der Waals surface area contributed by atoms with Crippen molar-refractivity contribution in [1.82, 2.24) is 4.98 Å². The lowest BCUT2D eigenvalue weighted by Gasteiger charge is -2.01. The van der Waals surface area contributed by atoms with E-state index in [1.807, 2.05) is 0 Å². The summed E-state index contributed by atoms with van der Waals surface area (Å²) in [7, 11) is 0. The molecule has 0 bridgehead atoms. The van der Waals surface area contributed by atoms with Crippen molar-refractivity contribution in [2.75, 3.05) is 0 Å². The summed E-state index contributed by atoms with van der Waals surface area (Å²) < 4.78 is 37.6. The number of benzene rings is 1. The Morgan fingerprint density at radius 2 is 1.83 bits per heavy atom. The van der Waals surface area contributed by atoms with E-state index in [0.29, 0.717) is 33.0 Å². The molecule has 0 radical (unpaired) electrons. The Morgan fingerprint density at radius 1 is 1.22 bits per heavy atom. The molecule has 1 aromatic heterocycles. The number of aliphatic hydroxyl groups is 1. The van der Waals surface area contributed by atoms with Crippen LogP contribution >= 0.6 is 11.3 Å². The Kier molecular flexibility index (Phi) is 3.41. The number of rotatable bonds is 2. The molecule has 2 nitrogen and oxygen atoms in total. The molecule has 0 amide bonds. The van der Waals surface area contributed by atoms with Gasteiger partial charge in [0.25, 0.3) is 0 Å². The van der Waals surface area contributed by atoms with Gasteiger partial charge in [0.15, 0.2) is 5.01 Å². The Bertz CT molecular complexity index is 545. The van der Waals surface area contributed by atoms with Crippen LogP contribution in [0.3, 0.4) is 0 Å². The number of nitrogens with zero attached hydrogens (tertiary/aromatic N) is 1. The van der Waals surface area contributed by atoms with Crippen LogP contribution in [0.15, 0.2) is 24.3 Å². The van der Waals surface area contributed by atoms with Crippen molar-refractivity contribution in [1.29, 1.82) is 0 Å². The number of thiazole rings is 1. The summed E-state index contributed by atoms with van der Waals surface area (Å²) in [6, 6.07) is 6.66. The van der Waals surface area contributed by atoms with Crippen molar-refractivity contribution >= 4 is 11.3 Å². The van der Waals surface area contributed by atoms with Gasteiger partial charge >= 0.3 is 6.18 Å². The van der Waals surface area contributed by atoms with Gasteiger partial charge in [-0.2, -0.15) is 13.2 Å². The summed E-state index contributed by atoms with van der Waals surface area (Å²) in [5.41, 5.74) is 1.68. The van der Waals surface area contributed by atoms with Crippen LogP contribution in [-0.2, 0) is 12.8 Å². The first-order valence-electron chi connectivity index (χ1n) is 5.16. The van der Waals surface area contributed by atoms with Gasteiger partial charge in [-0.25, -0.2) is 4.98 Å². The fourth-order valence-electron chi connectivity index (χ4n) is 1.55. The monoisotopic (exact) mass is 273 g/mol. The van der Waals surface area contributed by atoms with Crippen LogP contribution in [0, 0.1) is 6.92 Å². The lowest BCUT2D eigenvalue weighted by molar-refractivity contribution is -0.137. The van der Waals surface area contributed by atoms with Gasteiger partial charge in [-0.15, -0.1) is 11.3 Å². The molecular weight excluding hydrogens is 263 g/mol. The lowest BCUT2D eigenvalue weighted by Crippen LogP contribution is -2.03.